The van der Waals surface area contributed by atoms with E-state index in [0.717, 1.165) is 11.3 Å². The summed E-state index contributed by atoms with van der Waals surface area (Å²) in [6, 6.07) is 13.7. The fraction of sp³-hybridized carbons (Fsp3) is 0.0769. The highest BCUT2D eigenvalue weighted by Gasteiger charge is 2.01. The summed E-state index contributed by atoms with van der Waals surface area (Å²) in [5.74, 6) is 0.992. The van der Waals surface area contributed by atoms with Gasteiger partial charge in [-0.3, -0.25) is 0 Å². The fourth-order valence-corrected chi connectivity index (χ4v) is 1.71. The molecule has 18 heavy (non-hydrogen) atoms. The van der Waals surface area contributed by atoms with Crippen LogP contribution in [0.5, 0.6) is 5.75 Å². The van der Waals surface area contributed by atoms with Gasteiger partial charge in [-0.25, -0.2) is 4.52 Å². The van der Waals surface area contributed by atoms with Gasteiger partial charge in [-0.15, -0.1) is 5.10 Å². The Bertz CT molecular complexity index is 663. The van der Waals surface area contributed by atoms with Crippen LogP contribution in [-0.4, -0.2) is 14.6 Å². The first kappa shape index (κ1) is 10.6. The number of anilines is 1. The van der Waals surface area contributed by atoms with Gasteiger partial charge in [0.15, 0.2) is 5.65 Å². The van der Waals surface area contributed by atoms with E-state index in [1.807, 2.05) is 42.5 Å². The van der Waals surface area contributed by atoms with Gasteiger partial charge in [-0.2, -0.15) is 4.98 Å². The van der Waals surface area contributed by atoms with Crippen LogP contribution in [0, 0.1) is 0 Å². The molecule has 3 aromatic rings. The Morgan fingerprint density at radius 3 is 2.78 bits per heavy atom. The summed E-state index contributed by atoms with van der Waals surface area (Å²) >= 11 is 0. The van der Waals surface area contributed by atoms with Gasteiger partial charge >= 0.3 is 0 Å². The van der Waals surface area contributed by atoms with Crippen molar-refractivity contribution in [1.29, 1.82) is 0 Å². The average molecular weight is 240 g/mol. The average Bonchev–Trinajstić information content (AvgIpc) is 2.77. The van der Waals surface area contributed by atoms with Gasteiger partial charge in [0.05, 0.1) is 6.20 Å². The second-order valence-electron chi connectivity index (χ2n) is 3.91. The summed E-state index contributed by atoms with van der Waals surface area (Å²) in [7, 11) is 0. The van der Waals surface area contributed by atoms with Gasteiger partial charge in [0.2, 0.25) is 5.95 Å². The van der Waals surface area contributed by atoms with Gasteiger partial charge in [0.25, 0.3) is 0 Å². The lowest BCUT2D eigenvalue weighted by atomic mass is 10.2. The second kappa shape index (κ2) is 4.37. The molecule has 2 N–H and O–H groups in total. The summed E-state index contributed by atoms with van der Waals surface area (Å²) in [6.07, 6.45) is 1.77. The molecule has 0 saturated heterocycles. The van der Waals surface area contributed by atoms with Crippen molar-refractivity contribution in [3.8, 4) is 5.75 Å². The smallest absolute Gasteiger partial charge is 0.240 e. The Labute approximate surface area is 104 Å². The van der Waals surface area contributed by atoms with Crippen LogP contribution in [-0.2, 0) is 6.61 Å². The Morgan fingerprint density at radius 2 is 1.94 bits per heavy atom. The van der Waals surface area contributed by atoms with E-state index in [1.54, 1.807) is 10.7 Å². The minimum absolute atomic E-state index is 0.259. The van der Waals surface area contributed by atoms with Gasteiger partial charge in [0.1, 0.15) is 12.4 Å². The molecular formula is C13H12N4O. The van der Waals surface area contributed by atoms with Crippen LogP contribution < -0.4 is 10.5 Å². The van der Waals surface area contributed by atoms with E-state index < -0.39 is 0 Å². The van der Waals surface area contributed by atoms with E-state index in [4.69, 9.17) is 10.5 Å². The zero-order valence-electron chi connectivity index (χ0n) is 9.65. The summed E-state index contributed by atoms with van der Waals surface area (Å²) in [5.41, 5.74) is 7.35. The van der Waals surface area contributed by atoms with Crippen LogP contribution in [0.2, 0.25) is 0 Å². The molecular weight excluding hydrogens is 228 g/mol. The quantitative estimate of drug-likeness (QED) is 0.759. The molecule has 0 radical (unpaired) electrons. The fourth-order valence-electron chi connectivity index (χ4n) is 1.71. The maximum atomic E-state index is 5.68. The first-order valence-corrected chi connectivity index (χ1v) is 5.60. The molecule has 90 valence electrons. The van der Waals surface area contributed by atoms with Crippen LogP contribution in [0.15, 0.2) is 48.7 Å². The standard InChI is InChI=1S/C13H12N4O/c14-13-15-12-7-6-11(8-17(12)16-13)18-9-10-4-2-1-3-5-10/h1-8H,9H2,(H2,14,16). The molecule has 0 aliphatic rings. The number of nitrogen functional groups attached to an aromatic ring is 1. The van der Waals surface area contributed by atoms with Crippen LogP contribution in [0.1, 0.15) is 5.56 Å². The van der Waals surface area contributed by atoms with Crippen LogP contribution in [0.4, 0.5) is 5.95 Å². The van der Waals surface area contributed by atoms with Crippen molar-refractivity contribution in [1.82, 2.24) is 14.6 Å². The minimum atomic E-state index is 0.259. The molecule has 5 heteroatoms. The molecule has 0 saturated carbocycles. The highest BCUT2D eigenvalue weighted by atomic mass is 16.5. The van der Waals surface area contributed by atoms with Crippen molar-refractivity contribution in [2.24, 2.45) is 0 Å². The number of fused-ring (bicyclic) bond motifs is 1. The lowest BCUT2D eigenvalue weighted by Crippen LogP contribution is -1.97. The highest BCUT2D eigenvalue weighted by Crippen LogP contribution is 2.14. The zero-order chi connectivity index (χ0) is 12.4. The maximum Gasteiger partial charge on any atom is 0.240 e. The molecule has 0 fully saturated rings. The Kier molecular flexibility index (Phi) is 2.57. The van der Waals surface area contributed by atoms with Gasteiger partial charge in [0, 0.05) is 0 Å². The van der Waals surface area contributed by atoms with E-state index >= 15 is 0 Å². The predicted molar refractivity (Wildman–Crippen MR) is 68.2 cm³/mol. The monoisotopic (exact) mass is 240 g/mol. The van der Waals surface area contributed by atoms with Crippen LogP contribution >= 0.6 is 0 Å². The van der Waals surface area contributed by atoms with Crippen molar-refractivity contribution in [2.45, 2.75) is 6.61 Å². The molecule has 1 aromatic carbocycles. The lowest BCUT2D eigenvalue weighted by molar-refractivity contribution is 0.304. The summed E-state index contributed by atoms with van der Waals surface area (Å²) in [6.45, 7) is 0.524. The summed E-state index contributed by atoms with van der Waals surface area (Å²) < 4.78 is 7.29. The van der Waals surface area contributed by atoms with Crippen molar-refractivity contribution >= 4 is 11.6 Å². The number of hydrogen-bond donors (Lipinski definition) is 1. The largest absolute Gasteiger partial charge is 0.487 e. The Hall–Kier alpha value is -2.56. The first-order valence-electron chi connectivity index (χ1n) is 5.60. The molecule has 2 heterocycles. The molecule has 0 spiro atoms. The molecule has 5 nitrogen and oxygen atoms in total. The van der Waals surface area contributed by atoms with Crippen LogP contribution in [0.3, 0.4) is 0 Å². The molecule has 0 atom stereocenters. The lowest BCUT2D eigenvalue weighted by Gasteiger charge is -2.05. The van der Waals surface area contributed by atoms with E-state index in [-0.39, 0.29) is 5.95 Å². The molecule has 0 amide bonds. The molecule has 3 rings (SSSR count). The topological polar surface area (TPSA) is 65.4 Å². The van der Waals surface area contributed by atoms with Crippen molar-refractivity contribution in [3.63, 3.8) is 0 Å². The minimum Gasteiger partial charge on any atom is -0.487 e. The molecule has 0 aliphatic heterocycles. The van der Waals surface area contributed by atoms with Crippen molar-refractivity contribution in [3.05, 3.63) is 54.2 Å². The maximum absolute atomic E-state index is 5.68. The predicted octanol–water partition coefficient (Wildman–Crippen LogP) is 1.89. The highest BCUT2D eigenvalue weighted by molar-refractivity contribution is 5.43. The normalized spacial score (nSPS) is 10.7. The van der Waals surface area contributed by atoms with E-state index in [9.17, 15) is 0 Å². The summed E-state index contributed by atoms with van der Waals surface area (Å²) in [5, 5.41) is 4.03. The number of nitrogens with zero attached hydrogens (tertiary/aromatic N) is 3. The number of pyridine rings is 1. The summed E-state index contributed by atoms with van der Waals surface area (Å²) in [4.78, 5) is 4.05. The first-order chi connectivity index (χ1) is 8.81. The van der Waals surface area contributed by atoms with Gasteiger partial charge in [-0.1, -0.05) is 30.3 Å². The van der Waals surface area contributed by atoms with Crippen LogP contribution in [0.25, 0.3) is 5.65 Å². The third kappa shape index (κ3) is 2.10. The number of aromatic nitrogens is 3. The molecule has 0 aliphatic carbocycles. The SMILES string of the molecule is Nc1nc2ccc(OCc3ccccc3)cn2n1. The zero-order valence-corrected chi connectivity index (χ0v) is 9.65. The molecule has 0 bridgehead atoms. The van der Waals surface area contributed by atoms with E-state index in [1.165, 1.54) is 0 Å². The number of hydrogen-bond acceptors (Lipinski definition) is 4. The second-order valence-corrected chi connectivity index (χ2v) is 3.91. The number of benzene rings is 1. The Balaban J connectivity index is 1.78. The third-order valence-corrected chi connectivity index (χ3v) is 2.57. The van der Waals surface area contributed by atoms with Crippen molar-refractivity contribution < 1.29 is 4.74 Å². The number of ether oxygens (including phenoxy) is 1. The number of nitrogens with two attached hydrogens (primary N) is 1. The van der Waals surface area contributed by atoms with E-state index in [0.29, 0.717) is 12.3 Å². The van der Waals surface area contributed by atoms with Crippen molar-refractivity contribution in [2.75, 3.05) is 5.73 Å². The Morgan fingerprint density at radius 1 is 1.11 bits per heavy atom. The number of rotatable bonds is 3. The van der Waals surface area contributed by atoms with Gasteiger partial charge < -0.3 is 10.5 Å². The molecule has 0 unspecified atom stereocenters. The molecule has 2 aromatic heterocycles. The van der Waals surface area contributed by atoms with Gasteiger partial charge in [-0.05, 0) is 17.7 Å². The van der Waals surface area contributed by atoms with E-state index in [2.05, 4.69) is 10.1 Å². The third-order valence-electron chi connectivity index (χ3n) is 2.57.